The Bertz CT molecular complexity index is 586. The van der Waals surface area contributed by atoms with Crippen LogP contribution in [-0.4, -0.2) is 72.4 Å². The first-order valence-corrected chi connectivity index (χ1v) is 8.19. The summed E-state index contributed by atoms with van der Waals surface area (Å²) in [4.78, 5) is 32.5. The summed E-state index contributed by atoms with van der Waals surface area (Å²) in [6.45, 7) is 11.3. The topological polar surface area (TPSA) is 65.6 Å². The summed E-state index contributed by atoms with van der Waals surface area (Å²) in [7, 11) is 2.09. The van der Waals surface area contributed by atoms with Gasteiger partial charge in [-0.15, -0.1) is 0 Å². The number of hydrogen-bond donors (Lipinski definition) is 1. The Morgan fingerprint density at radius 3 is 2.39 bits per heavy atom. The van der Waals surface area contributed by atoms with E-state index in [1.807, 2.05) is 6.92 Å². The Kier molecular flexibility index (Phi) is 5.59. The van der Waals surface area contributed by atoms with Crippen LogP contribution >= 0.6 is 0 Å². The smallest absolute Gasteiger partial charge is 0.340 e. The molecular weight excluding hydrogens is 294 g/mol. The molecule has 6 nitrogen and oxygen atoms in total. The first-order valence-electron chi connectivity index (χ1n) is 8.19. The van der Waals surface area contributed by atoms with Gasteiger partial charge in [-0.3, -0.25) is 9.69 Å². The molecule has 0 radical (unpaired) electrons. The van der Waals surface area contributed by atoms with Crippen LogP contribution in [0.5, 0.6) is 0 Å². The van der Waals surface area contributed by atoms with E-state index in [0.717, 1.165) is 26.2 Å². The van der Waals surface area contributed by atoms with E-state index in [4.69, 9.17) is 4.74 Å². The molecule has 1 saturated heterocycles. The van der Waals surface area contributed by atoms with Crippen molar-refractivity contribution in [2.24, 2.45) is 0 Å². The van der Waals surface area contributed by atoms with Gasteiger partial charge in [0.2, 0.25) is 0 Å². The highest BCUT2D eigenvalue weighted by Crippen LogP contribution is 2.21. The van der Waals surface area contributed by atoms with Gasteiger partial charge in [0, 0.05) is 31.9 Å². The van der Waals surface area contributed by atoms with Crippen LogP contribution in [0, 0.1) is 13.8 Å². The zero-order chi connectivity index (χ0) is 17.1. The number of aryl methyl sites for hydroxylation is 1. The molecule has 128 valence electrons. The van der Waals surface area contributed by atoms with Crippen LogP contribution in [0.4, 0.5) is 0 Å². The molecule has 0 unspecified atom stereocenters. The summed E-state index contributed by atoms with van der Waals surface area (Å²) in [6.07, 6.45) is 0. The quantitative estimate of drug-likeness (QED) is 0.659. The number of ether oxygens (including phenoxy) is 1. The number of hydrogen-bond acceptors (Lipinski definition) is 5. The molecule has 23 heavy (non-hydrogen) atoms. The van der Waals surface area contributed by atoms with Crippen molar-refractivity contribution in [3.63, 3.8) is 0 Å². The van der Waals surface area contributed by atoms with Gasteiger partial charge in [-0.2, -0.15) is 0 Å². The second-order valence-corrected chi connectivity index (χ2v) is 6.22. The van der Waals surface area contributed by atoms with Crippen LogP contribution in [0.2, 0.25) is 0 Å². The first kappa shape index (κ1) is 17.7. The summed E-state index contributed by atoms with van der Waals surface area (Å²) in [5.41, 5.74) is 2.39. The van der Waals surface area contributed by atoms with Crippen molar-refractivity contribution < 1.29 is 14.3 Å². The Hall–Kier alpha value is -1.66. The van der Waals surface area contributed by atoms with Crippen molar-refractivity contribution in [2.45, 2.75) is 33.7 Å². The third kappa shape index (κ3) is 3.64. The lowest BCUT2D eigenvalue weighted by Crippen LogP contribution is -2.50. The van der Waals surface area contributed by atoms with E-state index in [9.17, 15) is 9.59 Å². The Balaban J connectivity index is 2.19. The number of rotatable bonds is 5. The van der Waals surface area contributed by atoms with E-state index in [2.05, 4.69) is 21.8 Å². The van der Waals surface area contributed by atoms with E-state index >= 15 is 0 Å². The van der Waals surface area contributed by atoms with Crippen LogP contribution < -0.4 is 0 Å². The molecule has 0 amide bonds. The van der Waals surface area contributed by atoms with Gasteiger partial charge in [0.15, 0.2) is 5.78 Å². The van der Waals surface area contributed by atoms with Crippen LogP contribution in [0.1, 0.15) is 46.0 Å². The second-order valence-electron chi connectivity index (χ2n) is 6.22. The summed E-state index contributed by atoms with van der Waals surface area (Å²) in [5.74, 6) is -0.337. The summed E-state index contributed by atoms with van der Waals surface area (Å²) >= 11 is 0. The fourth-order valence-electron chi connectivity index (χ4n) is 3.09. The standard InChI is InChI=1S/C17H27N3O3/c1-6-23-17(22)14-11(2)15(18-12(14)3)16(21)13(4)20-9-7-19(5)8-10-20/h13,18H,6-10H2,1-5H3/t13-/m1/s1. The molecule has 1 fully saturated rings. The van der Waals surface area contributed by atoms with Crippen molar-refractivity contribution in [2.75, 3.05) is 39.8 Å². The van der Waals surface area contributed by atoms with Crippen LogP contribution in [-0.2, 0) is 4.74 Å². The number of nitrogens with zero attached hydrogens (tertiary/aromatic N) is 2. The van der Waals surface area contributed by atoms with Crippen molar-refractivity contribution in [3.8, 4) is 0 Å². The zero-order valence-corrected chi connectivity index (χ0v) is 14.7. The zero-order valence-electron chi connectivity index (χ0n) is 14.7. The highest BCUT2D eigenvalue weighted by atomic mass is 16.5. The average molecular weight is 321 g/mol. The summed E-state index contributed by atoms with van der Waals surface area (Å²) < 4.78 is 5.09. The normalized spacial score (nSPS) is 18.0. The number of nitrogens with one attached hydrogen (secondary N) is 1. The van der Waals surface area contributed by atoms with Gasteiger partial charge in [-0.1, -0.05) is 0 Å². The maximum absolute atomic E-state index is 12.9. The number of likely N-dealkylation sites (N-methyl/N-ethyl adjacent to an activating group) is 1. The van der Waals surface area contributed by atoms with Gasteiger partial charge >= 0.3 is 5.97 Å². The lowest BCUT2D eigenvalue weighted by atomic mass is 10.0. The van der Waals surface area contributed by atoms with Gasteiger partial charge in [-0.05, 0) is 40.3 Å². The molecule has 0 spiro atoms. The fraction of sp³-hybridized carbons (Fsp3) is 0.647. The monoisotopic (exact) mass is 321 g/mol. The molecule has 0 saturated carbocycles. The van der Waals surface area contributed by atoms with E-state index in [1.54, 1.807) is 20.8 Å². The number of carbonyl (C=O) groups is 2. The Labute approximate surface area is 137 Å². The van der Waals surface area contributed by atoms with E-state index in [-0.39, 0.29) is 17.8 Å². The summed E-state index contributed by atoms with van der Waals surface area (Å²) in [6, 6.07) is -0.199. The molecular formula is C17H27N3O3. The van der Waals surface area contributed by atoms with Crippen molar-refractivity contribution >= 4 is 11.8 Å². The largest absolute Gasteiger partial charge is 0.462 e. The number of aromatic nitrogens is 1. The van der Waals surface area contributed by atoms with Gasteiger partial charge < -0.3 is 14.6 Å². The molecule has 2 rings (SSSR count). The molecule has 1 aliphatic rings. The van der Waals surface area contributed by atoms with Crippen molar-refractivity contribution in [3.05, 3.63) is 22.5 Å². The molecule has 1 aromatic rings. The number of Topliss-reactive ketones (excluding diaryl/α,β-unsaturated/α-hetero) is 1. The van der Waals surface area contributed by atoms with Crippen LogP contribution in [0.3, 0.4) is 0 Å². The van der Waals surface area contributed by atoms with Gasteiger partial charge in [0.25, 0.3) is 0 Å². The number of carbonyl (C=O) groups excluding carboxylic acids is 2. The molecule has 0 bridgehead atoms. The highest BCUT2D eigenvalue weighted by Gasteiger charge is 2.29. The lowest BCUT2D eigenvalue weighted by molar-refractivity contribution is 0.0525. The van der Waals surface area contributed by atoms with Gasteiger partial charge in [-0.25, -0.2) is 4.79 Å². The van der Waals surface area contributed by atoms with E-state index in [0.29, 0.717) is 29.1 Å². The maximum atomic E-state index is 12.9. The number of ketones is 1. The van der Waals surface area contributed by atoms with Crippen molar-refractivity contribution in [1.29, 1.82) is 0 Å². The molecule has 2 heterocycles. The molecule has 0 aromatic carbocycles. The third-order valence-corrected chi connectivity index (χ3v) is 4.63. The molecule has 1 atom stereocenters. The highest BCUT2D eigenvalue weighted by molar-refractivity contribution is 6.03. The van der Waals surface area contributed by atoms with Gasteiger partial charge in [0.05, 0.1) is 23.9 Å². The Morgan fingerprint density at radius 2 is 1.83 bits per heavy atom. The minimum Gasteiger partial charge on any atom is -0.462 e. The van der Waals surface area contributed by atoms with Crippen molar-refractivity contribution in [1.82, 2.24) is 14.8 Å². The summed E-state index contributed by atoms with van der Waals surface area (Å²) in [5, 5.41) is 0. The number of esters is 1. The lowest BCUT2D eigenvalue weighted by Gasteiger charge is -2.35. The fourth-order valence-corrected chi connectivity index (χ4v) is 3.09. The average Bonchev–Trinajstić information content (AvgIpc) is 2.81. The number of piperazine rings is 1. The van der Waals surface area contributed by atoms with E-state index < -0.39 is 0 Å². The van der Waals surface area contributed by atoms with Crippen LogP contribution in [0.25, 0.3) is 0 Å². The first-order chi connectivity index (χ1) is 10.9. The minimum absolute atomic E-state index is 0.0331. The van der Waals surface area contributed by atoms with Crippen LogP contribution in [0.15, 0.2) is 0 Å². The predicted octanol–water partition coefficient (Wildman–Crippen LogP) is 1.63. The Morgan fingerprint density at radius 1 is 1.22 bits per heavy atom. The third-order valence-electron chi connectivity index (χ3n) is 4.63. The molecule has 1 aromatic heterocycles. The molecule has 0 aliphatic carbocycles. The van der Waals surface area contributed by atoms with Gasteiger partial charge in [0.1, 0.15) is 0 Å². The SMILES string of the molecule is CCOC(=O)c1c(C)[nH]c(C(=O)[C@@H](C)N2CCN(C)CC2)c1C. The second kappa shape index (κ2) is 7.27. The molecule has 6 heteroatoms. The van der Waals surface area contributed by atoms with E-state index in [1.165, 1.54) is 0 Å². The minimum atomic E-state index is -0.370. The molecule has 1 aliphatic heterocycles. The predicted molar refractivity (Wildman–Crippen MR) is 89.1 cm³/mol. The maximum Gasteiger partial charge on any atom is 0.340 e. The number of H-pyrrole nitrogens is 1. The molecule has 1 N–H and O–H groups in total. The number of aromatic amines is 1.